The Morgan fingerprint density at radius 3 is 2.56 bits per heavy atom. The van der Waals surface area contributed by atoms with Crippen molar-refractivity contribution >= 4 is 33.2 Å². The summed E-state index contributed by atoms with van der Waals surface area (Å²) in [5.74, 6) is 0. The minimum Gasteiger partial charge on any atom is -0.355 e. The van der Waals surface area contributed by atoms with Crippen molar-refractivity contribution in [3.63, 3.8) is 0 Å². The standard InChI is InChI=1S/C23H20BrClN2/c1-26-21-11-10-18(25)14-20(21)22-19-5-3-2-4-15(19)12-13-27(22)23(26)16-6-8-17(24)9-7-16/h2-11,14,22-23H,12-13H2,1H3/t22-,23-/m1/s1. The summed E-state index contributed by atoms with van der Waals surface area (Å²) in [6.45, 7) is 1.03. The van der Waals surface area contributed by atoms with Crippen LogP contribution in [0.1, 0.15) is 34.5 Å². The smallest absolute Gasteiger partial charge is 0.109 e. The fourth-order valence-electron chi connectivity index (χ4n) is 4.67. The molecule has 3 aromatic carbocycles. The van der Waals surface area contributed by atoms with Gasteiger partial charge in [-0.15, -0.1) is 0 Å². The zero-order valence-corrected chi connectivity index (χ0v) is 17.4. The lowest BCUT2D eigenvalue weighted by Gasteiger charge is -2.51. The normalized spacial score (nSPS) is 21.4. The lowest BCUT2D eigenvalue weighted by atomic mass is 9.84. The molecule has 0 saturated heterocycles. The van der Waals surface area contributed by atoms with Crippen LogP contribution in [0.3, 0.4) is 0 Å². The van der Waals surface area contributed by atoms with Gasteiger partial charge in [-0.1, -0.05) is 63.9 Å². The maximum atomic E-state index is 6.41. The molecule has 0 aromatic heterocycles. The molecular weight excluding hydrogens is 420 g/mol. The fourth-order valence-corrected chi connectivity index (χ4v) is 5.11. The number of hydrogen-bond acceptors (Lipinski definition) is 2. The van der Waals surface area contributed by atoms with Gasteiger partial charge in [0, 0.05) is 28.8 Å². The van der Waals surface area contributed by atoms with Crippen molar-refractivity contribution in [3.05, 3.63) is 98.5 Å². The van der Waals surface area contributed by atoms with Crippen LogP contribution in [-0.2, 0) is 6.42 Å². The highest BCUT2D eigenvalue weighted by Gasteiger charge is 2.41. The second-order valence-electron chi connectivity index (χ2n) is 7.33. The predicted octanol–water partition coefficient (Wildman–Crippen LogP) is 6.20. The molecule has 2 nitrogen and oxygen atoms in total. The Labute approximate surface area is 173 Å². The molecule has 0 spiro atoms. The molecule has 27 heavy (non-hydrogen) atoms. The Balaban J connectivity index is 1.73. The molecule has 0 radical (unpaired) electrons. The van der Waals surface area contributed by atoms with E-state index in [0.717, 1.165) is 22.5 Å². The van der Waals surface area contributed by atoms with E-state index >= 15 is 0 Å². The third-order valence-electron chi connectivity index (χ3n) is 5.83. The predicted molar refractivity (Wildman–Crippen MR) is 115 cm³/mol. The Morgan fingerprint density at radius 2 is 1.74 bits per heavy atom. The van der Waals surface area contributed by atoms with E-state index in [0.29, 0.717) is 0 Å². The largest absolute Gasteiger partial charge is 0.355 e. The van der Waals surface area contributed by atoms with E-state index in [2.05, 4.69) is 93.4 Å². The molecule has 3 aromatic rings. The van der Waals surface area contributed by atoms with Crippen molar-refractivity contribution < 1.29 is 0 Å². The highest BCUT2D eigenvalue weighted by Crippen LogP contribution is 2.49. The van der Waals surface area contributed by atoms with Gasteiger partial charge in [-0.25, -0.2) is 0 Å². The Bertz CT molecular complexity index is 1000. The van der Waals surface area contributed by atoms with Gasteiger partial charge in [0.25, 0.3) is 0 Å². The van der Waals surface area contributed by atoms with E-state index in [-0.39, 0.29) is 12.2 Å². The summed E-state index contributed by atoms with van der Waals surface area (Å²) in [6, 6.07) is 24.1. The van der Waals surface area contributed by atoms with Gasteiger partial charge in [0.05, 0.1) is 6.04 Å². The van der Waals surface area contributed by atoms with Gasteiger partial charge in [-0.2, -0.15) is 0 Å². The van der Waals surface area contributed by atoms with Gasteiger partial charge in [-0.3, -0.25) is 4.90 Å². The molecule has 2 atom stereocenters. The van der Waals surface area contributed by atoms with Gasteiger partial charge < -0.3 is 4.90 Å². The van der Waals surface area contributed by atoms with E-state index in [4.69, 9.17) is 11.6 Å². The monoisotopic (exact) mass is 438 g/mol. The van der Waals surface area contributed by atoms with Gasteiger partial charge >= 0.3 is 0 Å². The third-order valence-corrected chi connectivity index (χ3v) is 6.60. The highest BCUT2D eigenvalue weighted by atomic mass is 79.9. The fraction of sp³-hybridized carbons (Fsp3) is 0.217. The molecule has 2 aliphatic heterocycles. The van der Waals surface area contributed by atoms with Gasteiger partial charge in [0.1, 0.15) is 6.17 Å². The second-order valence-corrected chi connectivity index (χ2v) is 8.68. The molecule has 5 rings (SSSR count). The topological polar surface area (TPSA) is 6.48 Å². The van der Waals surface area contributed by atoms with Crippen LogP contribution in [0.15, 0.2) is 71.2 Å². The molecule has 0 aliphatic carbocycles. The lowest BCUT2D eigenvalue weighted by molar-refractivity contribution is 0.133. The van der Waals surface area contributed by atoms with Crippen LogP contribution in [0.4, 0.5) is 5.69 Å². The van der Waals surface area contributed by atoms with Gasteiger partial charge in [-0.05, 0) is 59.0 Å². The van der Waals surface area contributed by atoms with Crippen LogP contribution in [0.2, 0.25) is 5.02 Å². The average Bonchev–Trinajstić information content (AvgIpc) is 2.69. The summed E-state index contributed by atoms with van der Waals surface area (Å²) >= 11 is 9.98. The number of nitrogens with zero attached hydrogens (tertiary/aromatic N) is 2. The number of rotatable bonds is 1. The molecule has 4 heteroatoms. The first kappa shape index (κ1) is 17.3. The van der Waals surface area contributed by atoms with Crippen LogP contribution >= 0.6 is 27.5 Å². The zero-order valence-electron chi connectivity index (χ0n) is 15.1. The van der Waals surface area contributed by atoms with E-state index in [1.807, 2.05) is 6.07 Å². The summed E-state index contributed by atoms with van der Waals surface area (Å²) in [5.41, 5.74) is 6.72. The summed E-state index contributed by atoms with van der Waals surface area (Å²) < 4.78 is 1.11. The van der Waals surface area contributed by atoms with Gasteiger partial charge in [0.2, 0.25) is 0 Å². The number of anilines is 1. The van der Waals surface area contributed by atoms with Crippen molar-refractivity contribution in [1.82, 2.24) is 4.90 Å². The molecule has 0 fully saturated rings. The number of halogens is 2. The van der Waals surface area contributed by atoms with Crippen molar-refractivity contribution in [2.45, 2.75) is 18.6 Å². The summed E-state index contributed by atoms with van der Waals surface area (Å²) in [7, 11) is 2.19. The highest BCUT2D eigenvalue weighted by molar-refractivity contribution is 9.10. The number of benzene rings is 3. The quantitative estimate of drug-likeness (QED) is 0.445. The Kier molecular flexibility index (Phi) is 4.27. The number of fused-ring (bicyclic) bond motifs is 5. The Morgan fingerprint density at radius 1 is 0.963 bits per heavy atom. The second kappa shape index (κ2) is 6.66. The summed E-state index contributed by atoms with van der Waals surface area (Å²) in [5, 5.41) is 0.798. The summed E-state index contributed by atoms with van der Waals surface area (Å²) in [6.07, 6.45) is 1.27. The zero-order chi connectivity index (χ0) is 18.5. The lowest BCUT2D eigenvalue weighted by Crippen LogP contribution is -2.49. The molecule has 0 amide bonds. The van der Waals surface area contributed by atoms with Crippen molar-refractivity contribution in [2.75, 3.05) is 18.5 Å². The molecule has 0 saturated carbocycles. The van der Waals surface area contributed by atoms with E-state index in [1.54, 1.807) is 0 Å². The first-order valence-electron chi connectivity index (χ1n) is 9.25. The SMILES string of the molecule is CN1c2ccc(Cl)cc2[C@H]2c3ccccc3CCN2[C@@H]1c1ccc(Br)cc1. The maximum absolute atomic E-state index is 6.41. The average molecular weight is 440 g/mol. The molecule has 0 N–H and O–H groups in total. The van der Waals surface area contributed by atoms with E-state index in [1.165, 1.54) is 27.9 Å². The molecule has 2 aliphatic rings. The van der Waals surface area contributed by atoms with Crippen molar-refractivity contribution in [3.8, 4) is 0 Å². The molecule has 136 valence electrons. The van der Waals surface area contributed by atoms with Crippen LogP contribution in [0.25, 0.3) is 0 Å². The van der Waals surface area contributed by atoms with Crippen LogP contribution in [0, 0.1) is 0 Å². The molecule has 0 bridgehead atoms. The Hall–Kier alpha value is -1.81. The minimum absolute atomic E-state index is 0.199. The van der Waals surface area contributed by atoms with Crippen LogP contribution in [0.5, 0.6) is 0 Å². The van der Waals surface area contributed by atoms with Gasteiger partial charge in [0.15, 0.2) is 0 Å². The van der Waals surface area contributed by atoms with Crippen LogP contribution < -0.4 is 4.90 Å². The van der Waals surface area contributed by atoms with Crippen molar-refractivity contribution in [2.24, 2.45) is 0 Å². The van der Waals surface area contributed by atoms with E-state index in [9.17, 15) is 0 Å². The number of hydrogen-bond donors (Lipinski definition) is 0. The summed E-state index contributed by atoms with van der Waals surface area (Å²) in [4.78, 5) is 5.00. The third kappa shape index (κ3) is 2.80. The van der Waals surface area contributed by atoms with Crippen LogP contribution in [-0.4, -0.2) is 18.5 Å². The van der Waals surface area contributed by atoms with E-state index < -0.39 is 0 Å². The minimum atomic E-state index is 0.199. The van der Waals surface area contributed by atoms with Crippen molar-refractivity contribution in [1.29, 1.82) is 0 Å². The maximum Gasteiger partial charge on any atom is 0.109 e. The first-order chi connectivity index (χ1) is 13.1. The molecule has 2 heterocycles. The molecule has 0 unspecified atom stereocenters. The molecular formula is C23H20BrClN2. The first-order valence-corrected chi connectivity index (χ1v) is 10.4.